The van der Waals surface area contributed by atoms with Gasteiger partial charge in [-0.25, -0.2) is 0 Å². The highest BCUT2D eigenvalue weighted by molar-refractivity contribution is 5.97. The number of carbonyl (C=O) groups excluding carboxylic acids is 2. The summed E-state index contributed by atoms with van der Waals surface area (Å²) in [6, 6.07) is 16.5. The van der Waals surface area contributed by atoms with Crippen molar-refractivity contribution in [3.63, 3.8) is 0 Å². The minimum atomic E-state index is -0.417. The molecule has 0 radical (unpaired) electrons. The zero-order valence-electron chi connectivity index (χ0n) is 14.0. The summed E-state index contributed by atoms with van der Waals surface area (Å²) < 4.78 is 0. The first-order valence-corrected chi connectivity index (χ1v) is 7.98. The van der Waals surface area contributed by atoms with E-state index in [2.05, 4.69) is 10.6 Å². The van der Waals surface area contributed by atoms with E-state index in [0.29, 0.717) is 11.4 Å². The Morgan fingerprint density at radius 3 is 2.04 bits per heavy atom. The van der Waals surface area contributed by atoms with Crippen LogP contribution in [0.5, 0.6) is 0 Å². The SMILES string of the molecule is CC(C)C(=O)Nc1cccc(NC(=O)C(CN)c2ccccc2)c1. The van der Waals surface area contributed by atoms with Gasteiger partial charge in [0.05, 0.1) is 5.92 Å². The molecule has 2 aromatic carbocycles. The highest BCUT2D eigenvalue weighted by atomic mass is 16.2. The van der Waals surface area contributed by atoms with Crippen LogP contribution >= 0.6 is 0 Å². The van der Waals surface area contributed by atoms with Crippen LogP contribution in [0.4, 0.5) is 11.4 Å². The Hall–Kier alpha value is -2.66. The van der Waals surface area contributed by atoms with E-state index < -0.39 is 5.92 Å². The summed E-state index contributed by atoms with van der Waals surface area (Å²) in [4.78, 5) is 24.3. The van der Waals surface area contributed by atoms with Crippen LogP contribution in [0.1, 0.15) is 25.3 Å². The summed E-state index contributed by atoms with van der Waals surface area (Å²) in [5.74, 6) is -0.762. The summed E-state index contributed by atoms with van der Waals surface area (Å²) in [6.45, 7) is 3.87. The molecule has 0 fully saturated rings. The van der Waals surface area contributed by atoms with Gasteiger partial charge in [0, 0.05) is 23.8 Å². The van der Waals surface area contributed by atoms with Crippen LogP contribution in [0.15, 0.2) is 54.6 Å². The van der Waals surface area contributed by atoms with E-state index in [4.69, 9.17) is 5.73 Å². The number of amides is 2. The van der Waals surface area contributed by atoms with Crippen molar-refractivity contribution in [2.45, 2.75) is 19.8 Å². The highest BCUT2D eigenvalue weighted by Gasteiger charge is 2.19. The molecular weight excluding hydrogens is 302 g/mol. The first-order chi connectivity index (χ1) is 11.5. The Kier molecular flexibility index (Phi) is 6.09. The molecule has 1 unspecified atom stereocenters. The summed E-state index contributed by atoms with van der Waals surface area (Å²) in [5, 5.41) is 5.68. The molecule has 0 saturated carbocycles. The summed E-state index contributed by atoms with van der Waals surface area (Å²) in [5.41, 5.74) is 7.92. The number of nitrogens with one attached hydrogen (secondary N) is 2. The number of anilines is 2. The van der Waals surface area contributed by atoms with Gasteiger partial charge in [0.25, 0.3) is 0 Å². The largest absolute Gasteiger partial charge is 0.329 e. The van der Waals surface area contributed by atoms with E-state index >= 15 is 0 Å². The van der Waals surface area contributed by atoms with E-state index in [-0.39, 0.29) is 24.3 Å². The van der Waals surface area contributed by atoms with Gasteiger partial charge in [-0.1, -0.05) is 50.2 Å². The summed E-state index contributed by atoms with van der Waals surface area (Å²) >= 11 is 0. The monoisotopic (exact) mass is 325 g/mol. The zero-order chi connectivity index (χ0) is 17.5. The van der Waals surface area contributed by atoms with Crippen molar-refractivity contribution in [3.8, 4) is 0 Å². The molecule has 0 saturated heterocycles. The topological polar surface area (TPSA) is 84.2 Å². The predicted molar refractivity (Wildman–Crippen MR) is 96.8 cm³/mol. The van der Waals surface area contributed by atoms with Crippen molar-refractivity contribution in [2.75, 3.05) is 17.2 Å². The van der Waals surface area contributed by atoms with Crippen LogP contribution in [-0.4, -0.2) is 18.4 Å². The number of carbonyl (C=O) groups is 2. The minimum absolute atomic E-state index is 0.0670. The van der Waals surface area contributed by atoms with Crippen LogP contribution in [0.2, 0.25) is 0 Å². The Balaban J connectivity index is 2.09. The van der Waals surface area contributed by atoms with Crippen LogP contribution in [0.25, 0.3) is 0 Å². The van der Waals surface area contributed by atoms with E-state index in [1.54, 1.807) is 24.3 Å². The number of hydrogen-bond donors (Lipinski definition) is 3. The second-order valence-electron chi connectivity index (χ2n) is 5.91. The first kappa shape index (κ1) is 17.7. The Bertz CT molecular complexity index is 699. The molecule has 0 aliphatic rings. The van der Waals surface area contributed by atoms with Crippen LogP contribution in [0, 0.1) is 5.92 Å². The second-order valence-corrected chi connectivity index (χ2v) is 5.91. The fourth-order valence-electron chi connectivity index (χ4n) is 2.27. The van der Waals surface area contributed by atoms with E-state index in [1.165, 1.54) is 0 Å². The molecule has 0 aliphatic heterocycles. The molecular formula is C19H23N3O2. The molecule has 5 heteroatoms. The average molecular weight is 325 g/mol. The average Bonchev–Trinajstić information content (AvgIpc) is 2.56. The van der Waals surface area contributed by atoms with Crippen molar-refractivity contribution in [3.05, 3.63) is 60.2 Å². The minimum Gasteiger partial charge on any atom is -0.329 e. The van der Waals surface area contributed by atoms with Gasteiger partial charge < -0.3 is 16.4 Å². The first-order valence-electron chi connectivity index (χ1n) is 7.98. The molecule has 2 rings (SSSR count). The molecule has 0 aliphatic carbocycles. The predicted octanol–water partition coefficient (Wildman–Crippen LogP) is 2.96. The van der Waals surface area contributed by atoms with Gasteiger partial charge in [0.2, 0.25) is 11.8 Å². The molecule has 1 atom stereocenters. The lowest BCUT2D eigenvalue weighted by Gasteiger charge is -2.16. The maximum Gasteiger partial charge on any atom is 0.233 e. The number of hydrogen-bond acceptors (Lipinski definition) is 3. The van der Waals surface area contributed by atoms with E-state index in [9.17, 15) is 9.59 Å². The third-order valence-electron chi connectivity index (χ3n) is 3.68. The smallest absolute Gasteiger partial charge is 0.233 e. The molecule has 4 N–H and O–H groups in total. The van der Waals surface area contributed by atoms with Crippen LogP contribution in [0.3, 0.4) is 0 Å². The van der Waals surface area contributed by atoms with Gasteiger partial charge in [-0.15, -0.1) is 0 Å². The van der Waals surface area contributed by atoms with Crippen LogP contribution < -0.4 is 16.4 Å². The number of benzene rings is 2. The van der Waals surface area contributed by atoms with Gasteiger partial charge in [0.1, 0.15) is 0 Å². The van der Waals surface area contributed by atoms with Crippen LogP contribution in [-0.2, 0) is 9.59 Å². The fourth-order valence-corrected chi connectivity index (χ4v) is 2.27. The van der Waals surface area contributed by atoms with Crippen molar-refractivity contribution in [2.24, 2.45) is 11.7 Å². The molecule has 2 amide bonds. The second kappa shape index (κ2) is 8.26. The highest BCUT2D eigenvalue weighted by Crippen LogP contribution is 2.20. The Morgan fingerprint density at radius 2 is 1.50 bits per heavy atom. The molecule has 0 spiro atoms. The molecule has 24 heavy (non-hydrogen) atoms. The lowest BCUT2D eigenvalue weighted by molar-refractivity contribution is -0.119. The normalized spacial score (nSPS) is 11.8. The lowest BCUT2D eigenvalue weighted by Crippen LogP contribution is -2.27. The molecule has 126 valence electrons. The molecule has 0 bridgehead atoms. The van der Waals surface area contributed by atoms with Gasteiger partial charge in [0.15, 0.2) is 0 Å². The van der Waals surface area contributed by atoms with Gasteiger partial charge in [-0.05, 0) is 23.8 Å². The zero-order valence-corrected chi connectivity index (χ0v) is 14.0. The van der Waals surface area contributed by atoms with Crippen molar-refractivity contribution >= 4 is 23.2 Å². The lowest BCUT2D eigenvalue weighted by atomic mass is 9.98. The van der Waals surface area contributed by atoms with E-state index in [0.717, 1.165) is 5.56 Å². The quantitative estimate of drug-likeness (QED) is 0.763. The molecule has 0 aromatic heterocycles. The van der Waals surface area contributed by atoms with Gasteiger partial charge >= 0.3 is 0 Å². The third kappa shape index (κ3) is 4.67. The van der Waals surface area contributed by atoms with Crippen molar-refractivity contribution < 1.29 is 9.59 Å². The standard InChI is InChI=1S/C19H23N3O2/c1-13(2)18(23)21-15-9-6-10-16(11-15)22-19(24)17(12-20)14-7-4-3-5-8-14/h3-11,13,17H,12,20H2,1-2H3,(H,21,23)(H,22,24). The van der Waals surface area contributed by atoms with E-state index in [1.807, 2.05) is 44.2 Å². The van der Waals surface area contributed by atoms with Crippen molar-refractivity contribution in [1.29, 1.82) is 0 Å². The molecule has 5 nitrogen and oxygen atoms in total. The maximum atomic E-state index is 12.5. The van der Waals surface area contributed by atoms with Gasteiger partial charge in [-0.2, -0.15) is 0 Å². The number of nitrogens with two attached hydrogens (primary N) is 1. The third-order valence-corrected chi connectivity index (χ3v) is 3.68. The number of rotatable bonds is 6. The molecule has 2 aromatic rings. The summed E-state index contributed by atoms with van der Waals surface area (Å²) in [6.07, 6.45) is 0. The summed E-state index contributed by atoms with van der Waals surface area (Å²) in [7, 11) is 0. The van der Waals surface area contributed by atoms with Crippen molar-refractivity contribution in [1.82, 2.24) is 0 Å². The fraction of sp³-hybridized carbons (Fsp3) is 0.263. The Labute approximate surface area is 142 Å². The Morgan fingerprint density at radius 1 is 0.917 bits per heavy atom. The maximum absolute atomic E-state index is 12.5. The van der Waals surface area contributed by atoms with Gasteiger partial charge in [-0.3, -0.25) is 9.59 Å². The molecule has 0 heterocycles.